The molecular formula is C27H29ClFN5O5S. The fourth-order valence-electron chi connectivity index (χ4n) is 3.96. The molecule has 0 radical (unpaired) electrons. The highest BCUT2D eigenvalue weighted by atomic mass is 35.5. The van der Waals surface area contributed by atoms with Gasteiger partial charge in [0.15, 0.2) is 0 Å². The molecule has 0 bridgehead atoms. The highest BCUT2D eigenvalue weighted by molar-refractivity contribution is 7.89. The van der Waals surface area contributed by atoms with Gasteiger partial charge in [0.1, 0.15) is 16.4 Å². The van der Waals surface area contributed by atoms with Gasteiger partial charge in [-0.05, 0) is 67.6 Å². The van der Waals surface area contributed by atoms with E-state index in [-0.39, 0.29) is 39.5 Å². The summed E-state index contributed by atoms with van der Waals surface area (Å²) >= 11 is 5.98. The van der Waals surface area contributed by atoms with Crippen LogP contribution >= 0.6 is 11.6 Å². The topological polar surface area (TPSA) is 132 Å². The van der Waals surface area contributed by atoms with E-state index in [0.717, 1.165) is 18.2 Å². The van der Waals surface area contributed by atoms with Crippen LogP contribution in [-0.2, 0) is 26.1 Å². The summed E-state index contributed by atoms with van der Waals surface area (Å²) in [6, 6.07) is 7.92. The Morgan fingerprint density at radius 3 is 2.62 bits per heavy atom. The van der Waals surface area contributed by atoms with Crippen molar-refractivity contribution in [2.45, 2.75) is 31.7 Å². The number of carbonyl (C=O) groups excluding carboxylic acids is 1. The Morgan fingerprint density at radius 1 is 1.30 bits per heavy atom. The molecule has 0 spiro atoms. The molecule has 0 unspecified atom stereocenters. The number of aliphatic imine (C=N–C) groups is 1. The average Bonchev–Trinajstić information content (AvgIpc) is 2.92. The number of amides is 1. The molecule has 40 heavy (non-hydrogen) atoms. The summed E-state index contributed by atoms with van der Waals surface area (Å²) in [6.07, 6.45) is 3.41. The van der Waals surface area contributed by atoms with Crippen LogP contribution in [0.25, 0.3) is 16.5 Å². The molecule has 3 aromatic rings. The van der Waals surface area contributed by atoms with Crippen molar-refractivity contribution in [1.82, 2.24) is 19.6 Å². The lowest BCUT2D eigenvalue weighted by molar-refractivity contribution is -0.125. The van der Waals surface area contributed by atoms with E-state index >= 15 is 0 Å². The van der Waals surface area contributed by atoms with Gasteiger partial charge in [0.25, 0.3) is 15.6 Å². The number of nitrogens with zero attached hydrogens (tertiary/aromatic N) is 3. The Balaban J connectivity index is 2.06. The summed E-state index contributed by atoms with van der Waals surface area (Å²) in [6.45, 7) is 7.15. The average molecular weight is 590 g/mol. The van der Waals surface area contributed by atoms with Crippen LogP contribution in [-0.4, -0.2) is 44.8 Å². The van der Waals surface area contributed by atoms with Crippen molar-refractivity contribution >= 4 is 50.7 Å². The van der Waals surface area contributed by atoms with E-state index in [0.29, 0.717) is 28.5 Å². The molecule has 0 fully saturated rings. The zero-order valence-corrected chi connectivity index (χ0v) is 23.9. The van der Waals surface area contributed by atoms with Gasteiger partial charge in [0.2, 0.25) is 11.8 Å². The molecule has 0 aliphatic heterocycles. The zero-order valence-electron chi connectivity index (χ0n) is 22.4. The summed E-state index contributed by atoms with van der Waals surface area (Å²) < 4.78 is 48.6. The van der Waals surface area contributed by atoms with Crippen molar-refractivity contribution in [2.24, 2.45) is 10.9 Å². The summed E-state index contributed by atoms with van der Waals surface area (Å²) in [4.78, 5) is 33.2. The summed E-state index contributed by atoms with van der Waals surface area (Å²) in [7, 11) is -1.45. The van der Waals surface area contributed by atoms with Crippen molar-refractivity contribution in [1.29, 1.82) is 0 Å². The quantitative estimate of drug-likeness (QED) is 0.198. The van der Waals surface area contributed by atoms with Gasteiger partial charge in [0, 0.05) is 13.6 Å². The van der Waals surface area contributed by atoms with Crippen molar-refractivity contribution in [2.75, 3.05) is 14.2 Å². The molecule has 1 aromatic heterocycles. The monoisotopic (exact) mass is 589 g/mol. The molecule has 0 saturated heterocycles. The Labute approximate surface area is 236 Å². The summed E-state index contributed by atoms with van der Waals surface area (Å²) in [5.74, 6) is -1.40. The SMILES string of the molecule is C=N/C(OC)=C(\C=C(/C)c1ccc2ncn(C[C@H](CC)C(=O)NC)c(=O)c2c1)NS(=O)(=O)c1ccc(F)cc1Cl. The minimum atomic E-state index is -4.29. The van der Waals surface area contributed by atoms with Crippen LogP contribution in [0.1, 0.15) is 25.8 Å². The maximum atomic E-state index is 13.5. The highest BCUT2D eigenvalue weighted by Gasteiger charge is 2.22. The second-order valence-electron chi connectivity index (χ2n) is 8.74. The summed E-state index contributed by atoms with van der Waals surface area (Å²) in [5.41, 5.74) is 1.18. The number of halogens is 2. The van der Waals surface area contributed by atoms with E-state index in [9.17, 15) is 22.4 Å². The maximum Gasteiger partial charge on any atom is 0.263 e. The molecule has 0 aliphatic rings. The van der Waals surface area contributed by atoms with Crippen molar-refractivity contribution in [3.63, 3.8) is 0 Å². The largest absolute Gasteiger partial charge is 0.480 e. The van der Waals surface area contributed by atoms with Crippen molar-refractivity contribution < 1.29 is 22.3 Å². The van der Waals surface area contributed by atoms with Crippen LogP contribution in [0, 0.1) is 11.7 Å². The third kappa shape index (κ3) is 6.75. The van der Waals surface area contributed by atoms with Gasteiger partial charge in [-0.25, -0.2) is 22.8 Å². The van der Waals surface area contributed by atoms with Crippen LogP contribution in [0.2, 0.25) is 5.02 Å². The van der Waals surface area contributed by atoms with E-state index in [1.165, 1.54) is 24.1 Å². The Hall–Kier alpha value is -4.03. The van der Waals surface area contributed by atoms with Crippen LogP contribution in [0.5, 0.6) is 0 Å². The number of hydrogen-bond acceptors (Lipinski definition) is 7. The van der Waals surface area contributed by atoms with E-state index in [4.69, 9.17) is 16.3 Å². The maximum absolute atomic E-state index is 13.5. The third-order valence-electron chi connectivity index (χ3n) is 6.16. The number of methoxy groups -OCH3 is 1. The first-order valence-corrected chi connectivity index (χ1v) is 13.9. The second-order valence-corrected chi connectivity index (χ2v) is 10.8. The van der Waals surface area contributed by atoms with E-state index in [1.807, 2.05) is 6.92 Å². The number of hydrogen-bond donors (Lipinski definition) is 2. The first-order chi connectivity index (χ1) is 18.9. The molecule has 2 aromatic carbocycles. The second kappa shape index (κ2) is 12.9. The van der Waals surface area contributed by atoms with Gasteiger partial charge in [-0.1, -0.05) is 24.6 Å². The molecule has 3 rings (SSSR count). The van der Waals surface area contributed by atoms with Crippen molar-refractivity contribution in [3.8, 4) is 0 Å². The Morgan fingerprint density at radius 2 is 2.02 bits per heavy atom. The normalized spacial score (nSPS) is 13.4. The van der Waals surface area contributed by atoms with Gasteiger partial charge in [-0.15, -0.1) is 0 Å². The molecule has 1 atom stereocenters. The van der Waals surface area contributed by atoms with Crippen LogP contribution < -0.4 is 15.6 Å². The van der Waals surface area contributed by atoms with Crippen molar-refractivity contribution in [3.05, 3.63) is 87.1 Å². The number of rotatable bonds is 11. The van der Waals surface area contributed by atoms with Gasteiger partial charge in [-0.2, -0.15) is 0 Å². The fourth-order valence-corrected chi connectivity index (χ4v) is 5.54. The lowest BCUT2D eigenvalue weighted by Crippen LogP contribution is -2.33. The van der Waals surface area contributed by atoms with Crippen LogP contribution in [0.3, 0.4) is 0 Å². The van der Waals surface area contributed by atoms with E-state index in [1.54, 1.807) is 32.2 Å². The molecule has 13 heteroatoms. The highest BCUT2D eigenvalue weighted by Crippen LogP contribution is 2.25. The number of carbonyl (C=O) groups is 1. The lowest BCUT2D eigenvalue weighted by Gasteiger charge is -2.15. The van der Waals surface area contributed by atoms with Gasteiger partial charge >= 0.3 is 0 Å². The summed E-state index contributed by atoms with van der Waals surface area (Å²) in [5, 5.41) is 2.61. The van der Waals surface area contributed by atoms with E-state index in [2.05, 4.69) is 26.7 Å². The van der Waals surface area contributed by atoms with Gasteiger partial charge < -0.3 is 10.1 Å². The first kappa shape index (κ1) is 30.5. The number of ether oxygens (including phenoxy) is 1. The number of nitrogens with one attached hydrogen (secondary N) is 2. The predicted octanol–water partition coefficient (Wildman–Crippen LogP) is 3.86. The molecular weight excluding hydrogens is 561 g/mol. The first-order valence-electron chi connectivity index (χ1n) is 12.1. The Kier molecular flexibility index (Phi) is 9.83. The standard InChI is InChI=1S/C27H29ClFN5O5S/c1-6-17(25(35)30-3)14-34-15-32-22-9-7-18(12-20(22)27(34)36)16(2)11-23(26(31-4)39-5)33-40(37,38)24-10-8-19(29)13-21(24)28/h7-13,15,17,33H,4,6,14H2,1-3,5H3,(H,30,35)/b16-11+,26-23-/t17-/m0/s1. The number of aromatic nitrogens is 2. The number of benzene rings is 2. The van der Waals surface area contributed by atoms with E-state index < -0.39 is 21.8 Å². The molecule has 1 amide bonds. The fraction of sp³-hybridized carbons (Fsp3) is 0.259. The molecule has 0 aliphatic carbocycles. The third-order valence-corrected chi connectivity index (χ3v) is 8.01. The molecule has 212 valence electrons. The lowest BCUT2D eigenvalue weighted by atomic mass is 10.0. The molecule has 1 heterocycles. The Bertz CT molecular complexity index is 1680. The molecule has 2 N–H and O–H groups in total. The zero-order chi connectivity index (χ0) is 29.6. The number of fused-ring (bicyclic) bond motifs is 1. The predicted molar refractivity (Wildman–Crippen MR) is 153 cm³/mol. The van der Waals surface area contributed by atoms with Gasteiger partial charge in [0.05, 0.1) is 35.3 Å². The molecule has 10 nitrogen and oxygen atoms in total. The number of allylic oxidation sites excluding steroid dienone is 2. The minimum Gasteiger partial charge on any atom is -0.480 e. The molecule has 0 saturated carbocycles. The van der Waals surface area contributed by atoms with Crippen LogP contribution in [0.15, 0.2) is 75.1 Å². The number of sulfonamides is 1. The van der Waals surface area contributed by atoms with Gasteiger partial charge in [-0.3, -0.25) is 18.9 Å². The smallest absolute Gasteiger partial charge is 0.263 e. The van der Waals surface area contributed by atoms with Crippen LogP contribution in [0.4, 0.5) is 4.39 Å². The minimum absolute atomic E-state index is 0.0737.